The number of urea groups is 1. The molecule has 0 aliphatic carbocycles. The lowest BCUT2D eigenvalue weighted by Crippen LogP contribution is -2.41. The lowest BCUT2D eigenvalue weighted by Gasteiger charge is -2.24. The maximum absolute atomic E-state index is 12.4. The van der Waals surface area contributed by atoms with Crippen LogP contribution in [0.2, 0.25) is 0 Å². The molecule has 1 aromatic carbocycles. The summed E-state index contributed by atoms with van der Waals surface area (Å²) in [5.41, 5.74) is 2.04. The van der Waals surface area contributed by atoms with Gasteiger partial charge in [0, 0.05) is 13.1 Å². The highest BCUT2D eigenvalue weighted by molar-refractivity contribution is 5.74. The molecule has 3 rings (SSSR count). The molecular formula is C17H23N5O. The van der Waals surface area contributed by atoms with Gasteiger partial charge in [0.15, 0.2) is 0 Å². The number of nitrogens with one attached hydrogen (secondary N) is 1. The van der Waals surface area contributed by atoms with Crippen molar-refractivity contribution in [3.8, 4) is 5.69 Å². The number of likely N-dealkylation sites (tertiary alicyclic amines) is 1. The molecule has 1 aliphatic rings. The second-order valence-corrected chi connectivity index (χ2v) is 6.00. The third kappa shape index (κ3) is 3.88. The lowest BCUT2D eigenvalue weighted by molar-refractivity contribution is 0.196. The van der Waals surface area contributed by atoms with E-state index in [1.807, 2.05) is 36.1 Å². The average molecular weight is 313 g/mol. The van der Waals surface area contributed by atoms with Crippen molar-refractivity contribution in [3.63, 3.8) is 0 Å². The summed E-state index contributed by atoms with van der Waals surface area (Å²) >= 11 is 0. The standard InChI is InChI=1S/C17H23N5O/c1-14(20-17(23)21-10-4-2-3-5-11-21)15-6-8-16(9-7-15)22-13-18-12-19-22/h6-9,12-14H,2-5,10-11H2,1H3,(H,20,23). The van der Waals surface area contributed by atoms with Gasteiger partial charge in [-0.3, -0.25) is 0 Å². The van der Waals surface area contributed by atoms with E-state index in [1.165, 1.54) is 19.2 Å². The molecule has 1 N–H and O–H groups in total. The first-order valence-electron chi connectivity index (χ1n) is 8.24. The molecule has 0 saturated carbocycles. The normalized spacial score (nSPS) is 16.7. The van der Waals surface area contributed by atoms with Gasteiger partial charge in [-0.15, -0.1) is 0 Å². The van der Waals surface area contributed by atoms with Gasteiger partial charge in [0.05, 0.1) is 11.7 Å². The van der Waals surface area contributed by atoms with Gasteiger partial charge in [0.25, 0.3) is 0 Å². The zero-order valence-electron chi connectivity index (χ0n) is 13.5. The average Bonchev–Trinajstić information content (AvgIpc) is 2.97. The van der Waals surface area contributed by atoms with E-state index in [-0.39, 0.29) is 12.1 Å². The smallest absolute Gasteiger partial charge is 0.317 e. The Morgan fingerprint density at radius 1 is 1.13 bits per heavy atom. The summed E-state index contributed by atoms with van der Waals surface area (Å²) in [4.78, 5) is 18.3. The van der Waals surface area contributed by atoms with Gasteiger partial charge >= 0.3 is 6.03 Å². The Morgan fingerprint density at radius 2 is 1.83 bits per heavy atom. The van der Waals surface area contributed by atoms with Crippen molar-refractivity contribution in [1.29, 1.82) is 0 Å². The number of hydrogen-bond acceptors (Lipinski definition) is 3. The first-order valence-corrected chi connectivity index (χ1v) is 8.24. The van der Waals surface area contributed by atoms with Crippen LogP contribution in [0.15, 0.2) is 36.9 Å². The molecule has 6 nitrogen and oxygen atoms in total. The molecule has 0 radical (unpaired) electrons. The molecule has 23 heavy (non-hydrogen) atoms. The molecule has 122 valence electrons. The van der Waals surface area contributed by atoms with Gasteiger partial charge in [0.1, 0.15) is 12.7 Å². The molecule has 0 bridgehead atoms. The zero-order chi connectivity index (χ0) is 16.1. The van der Waals surface area contributed by atoms with E-state index in [0.717, 1.165) is 37.2 Å². The first kappa shape index (κ1) is 15.5. The summed E-state index contributed by atoms with van der Waals surface area (Å²) in [6.45, 7) is 3.74. The summed E-state index contributed by atoms with van der Waals surface area (Å²) in [7, 11) is 0. The summed E-state index contributed by atoms with van der Waals surface area (Å²) < 4.78 is 1.71. The molecule has 2 heterocycles. The van der Waals surface area contributed by atoms with Crippen LogP contribution in [0, 0.1) is 0 Å². The van der Waals surface area contributed by atoms with Crippen molar-refractivity contribution in [2.75, 3.05) is 13.1 Å². The van der Waals surface area contributed by atoms with Crippen molar-refractivity contribution in [1.82, 2.24) is 25.0 Å². The number of amides is 2. The first-order chi connectivity index (χ1) is 11.2. The number of rotatable bonds is 3. The fraction of sp³-hybridized carbons (Fsp3) is 0.471. The van der Waals surface area contributed by atoms with Crippen molar-refractivity contribution in [2.24, 2.45) is 0 Å². The Labute approximate surface area is 136 Å². The molecule has 1 fully saturated rings. The van der Waals surface area contributed by atoms with Crippen LogP contribution in [0.4, 0.5) is 4.79 Å². The van der Waals surface area contributed by atoms with Crippen LogP contribution in [0.1, 0.15) is 44.2 Å². The number of carbonyl (C=O) groups excluding carboxylic acids is 1. The van der Waals surface area contributed by atoms with Gasteiger partial charge in [-0.1, -0.05) is 25.0 Å². The Bertz CT molecular complexity index is 615. The van der Waals surface area contributed by atoms with Gasteiger partial charge in [0.2, 0.25) is 0 Å². The van der Waals surface area contributed by atoms with Crippen molar-refractivity contribution in [2.45, 2.75) is 38.6 Å². The maximum atomic E-state index is 12.4. The number of hydrogen-bond donors (Lipinski definition) is 1. The van der Waals surface area contributed by atoms with E-state index in [9.17, 15) is 4.79 Å². The molecular weight excluding hydrogens is 290 g/mol. The van der Waals surface area contributed by atoms with Crippen LogP contribution in [0.25, 0.3) is 5.69 Å². The largest absolute Gasteiger partial charge is 0.331 e. The maximum Gasteiger partial charge on any atom is 0.317 e. The molecule has 1 saturated heterocycles. The van der Waals surface area contributed by atoms with E-state index in [2.05, 4.69) is 15.4 Å². The third-order valence-electron chi connectivity index (χ3n) is 4.31. The number of carbonyl (C=O) groups is 1. The van der Waals surface area contributed by atoms with Crippen LogP contribution in [0.5, 0.6) is 0 Å². The van der Waals surface area contributed by atoms with Crippen LogP contribution >= 0.6 is 0 Å². The summed E-state index contributed by atoms with van der Waals surface area (Å²) in [6.07, 6.45) is 7.84. The van der Waals surface area contributed by atoms with Crippen molar-refractivity contribution >= 4 is 6.03 Å². The Morgan fingerprint density at radius 3 is 2.43 bits per heavy atom. The second-order valence-electron chi connectivity index (χ2n) is 6.00. The van der Waals surface area contributed by atoms with Crippen LogP contribution in [-0.2, 0) is 0 Å². The summed E-state index contributed by atoms with van der Waals surface area (Å²) in [6, 6.07) is 8.03. The number of benzene rings is 1. The highest BCUT2D eigenvalue weighted by Crippen LogP contribution is 2.16. The van der Waals surface area contributed by atoms with E-state index in [1.54, 1.807) is 11.0 Å². The molecule has 1 atom stereocenters. The zero-order valence-corrected chi connectivity index (χ0v) is 13.5. The molecule has 2 amide bonds. The minimum absolute atomic E-state index is 0.0180. The quantitative estimate of drug-likeness (QED) is 0.947. The Hall–Kier alpha value is -2.37. The topological polar surface area (TPSA) is 63.1 Å². The van der Waals surface area contributed by atoms with Gasteiger partial charge in [-0.25, -0.2) is 14.5 Å². The molecule has 2 aromatic rings. The van der Waals surface area contributed by atoms with Crippen LogP contribution < -0.4 is 5.32 Å². The Balaban J connectivity index is 1.61. The van der Waals surface area contributed by atoms with Crippen molar-refractivity contribution < 1.29 is 4.79 Å². The van der Waals surface area contributed by atoms with Gasteiger partial charge in [-0.05, 0) is 37.5 Å². The second kappa shape index (κ2) is 7.26. The molecule has 1 aromatic heterocycles. The molecule has 0 spiro atoms. The highest BCUT2D eigenvalue weighted by Gasteiger charge is 2.17. The summed E-state index contributed by atoms with van der Waals surface area (Å²) in [5, 5.41) is 7.21. The fourth-order valence-electron chi connectivity index (χ4n) is 2.89. The van der Waals surface area contributed by atoms with Crippen LogP contribution in [0.3, 0.4) is 0 Å². The highest BCUT2D eigenvalue weighted by atomic mass is 16.2. The van der Waals surface area contributed by atoms with Gasteiger partial charge < -0.3 is 10.2 Å². The van der Waals surface area contributed by atoms with Crippen LogP contribution in [-0.4, -0.2) is 38.8 Å². The lowest BCUT2D eigenvalue weighted by atomic mass is 10.1. The predicted octanol–water partition coefficient (Wildman–Crippen LogP) is 2.91. The molecule has 6 heteroatoms. The molecule has 1 aliphatic heterocycles. The Kier molecular flexibility index (Phi) is 4.90. The fourth-order valence-corrected chi connectivity index (χ4v) is 2.89. The van der Waals surface area contributed by atoms with Crippen molar-refractivity contribution in [3.05, 3.63) is 42.5 Å². The number of aromatic nitrogens is 3. The third-order valence-corrected chi connectivity index (χ3v) is 4.31. The summed E-state index contributed by atoms with van der Waals surface area (Å²) in [5.74, 6) is 0. The SMILES string of the molecule is CC(NC(=O)N1CCCCCC1)c1ccc(-n2cncn2)cc1. The van der Waals surface area contributed by atoms with E-state index in [4.69, 9.17) is 0 Å². The monoisotopic (exact) mass is 313 g/mol. The molecule has 1 unspecified atom stereocenters. The van der Waals surface area contributed by atoms with E-state index >= 15 is 0 Å². The number of nitrogens with zero attached hydrogens (tertiary/aromatic N) is 4. The van der Waals surface area contributed by atoms with E-state index < -0.39 is 0 Å². The predicted molar refractivity (Wildman–Crippen MR) is 88.3 cm³/mol. The van der Waals surface area contributed by atoms with E-state index in [0.29, 0.717) is 0 Å². The minimum Gasteiger partial charge on any atom is -0.331 e. The minimum atomic E-state index is -0.0180. The van der Waals surface area contributed by atoms with Gasteiger partial charge in [-0.2, -0.15) is 5.10 Å².